The summed E-state index contributed by atoms with van der Waals surface area (Å²) in [5, 5.41) is 8.63. The van der Waals surface area contributed by atoms with Gasteiger partial charge in [-0.05, 0) is 54.0 Å². The Hall–Kier alpha value is -1.79. The average Bonchev–Trinajstić information content (AvgIpc) is 3.04. The number of hydrogen-bond acceptors (Lipinski definition) is 5. The van der Waals surface area contributed by atoms with Crippen LogP contribution in [0.15, 0.2) is 37.6 Å². The highest BCUT2D eigenvalue weighted by Gasteiger charge is 2.15. The number of nitrogens with zero attached hydrogens (tertiary/aromatic N) is 2. The Bertz CT molecular complexity index is 813. The first-order valence-corrected chi connectivity index (χ1v) is 7.67. The molecule has 0 atom stereocenters. The van der Waals surface area contributed by atoms with Crippen LogP contribution in [0.4, 0.5) is 0 Å². The second kappa shape index (κ2) is 6.14. The van der Waals surface area contributed by atoms with Crippen LogP contribution in [0.2, 0.25) is 5.02 Å². The van der Waals surface area contributed by atoms with Crippen LogP contribution in [-0.4, -0.2) is 10.2 Å². The standard InChI is InChI=1S/C15H12BrClN2O3/c1-8-5-11(9(2)21-8)15-19-18-14(22-15)7-20-13-4-3-10(17)6-12(13)16/h3-6H,7H2,1-2H3. The van der Waals surface area contributed by atoms with E-state index in [-0.39, 0.29) is 6.61 Å². The van der Waals surface area contributed by atoms with Crippen LogP contribution in [0.1, 0.15) is 17.4 Å². The molecule has 0 aliphatic carbocycles. The lowest BCUT2D eigenvalue weighted by Gasteiger charge is -2.05. The highest BCUT2D eigenvalue weighted by atomic mass is 79.9. The van der Waals surface area contributed by atoms with Gasteiger partial charge >= 0.3 is 0 Å². The van der Waals surface area contributed by atoms with Crippen LogP contribution in [0, 0.1) is 13.8 Å². The Balaban J connectivity index is 1.73. The molecular formula is C15H12BrClN2O3. The molecule has 2 heterocycles. The molecule has 0 aliphatic rings. The molecule has 5 nitrogen and oxygen atoms in total. The zero-order valence-corrected chi connectivity index (χ0v) is 14.2. The maximum Gasteiger partial charge on any atom is 0.254 e. The number of halogens is 2. The van der Waals surface area contributed by atoms with Gasteiger partial charge in [-0.1, -0.05) is 11.6 Å². The van der Waals surface area contributed by atoms with Crippen LogP contribution in [0.3, 0.4) is 0 Å². The molecule has 3 rings (SSSR count). The molecule has 0 amide bonds. The van der Waals surface area contributed by atoms with Crippen LogP contribution in [0.5, 0.6) is 5.75 Å². The smallest absolute Gasteiger partial charge is 0.254 e. The molecule has 114 valence electrons. The number of furan rings is 1. The van der Waals surface area contributed by atoms with E-state index in [9.17, 15) is 0 Å². The van der Waals surface area contributed by atoms with Crippen molar-refractivity contribution in [2.45, 2.75) is 20.5 Å². The minimum atomic E-state index is 0.170. The number of aromatic nitrogens is 2. The minimum Gasteiger partial charge on any atom is -0.483 e. The van der Waals surface area contributed by atoms with Crippen molar-refractivity contribution in [3.8, 4) is 17.2 Å². The van der Waals surface area contributed by atoms with E-state index in [1.165, 1.54) is 0 Å². The zero-order chi connectivity index (χ0) is 15.7. The van der Waals surface area contributed by atoms with Gasteiger partial charge in [0, 0.05) is 5.02 Å². The molecule has 0 fully saturated rings. The summed E-state index contributed by atoms with van der Waals surface area (Å²) in [6.07, 6.45) is 0. The van der Waals surface area contributed by atoms with Gasteiger partial charge in [0.05, 0.1) is 10.0 Å². The Kier molecular flexibility index (Phi) is 4.22. The van der Waals surface area contributed by atoms with Crippen molar-refractivity contribution in [1.82, 2.24) is 10.2 Å². The number of aryl methyl sites for hydroxylation is 2. The summed E-state index contributed by atoms with van der Waals surface area (Å²) >= 11 is 9.27. The Morgan fingerprint density at radius 3 is 2.68 bits per heavy atom. The fourth-order valence-electron chi connectivity index (χ4n) is 2.00. The van der Waals surface area contributed by atoms with Gasteiger partial charge in [-0.2, -0.15) is 0 Å². The fourth-order valence-corrected chi connectivity index (χ4v) is 2.79. The second-order valence-electron chi connectivity index (χ2n) is 4.69. The van der Waals surface area contributed by atoms with E-state index in [1.807, 2.05) is 19.9 Å². The third-order valence-electron chi connectivity index (χ3n) is 2.98. The van der Waals surface area contributed by atoms with E-state index in [4.69, 9.17) is 25.2 Å². The zero-order valence-electron chi connectivity index (χ0n) is 11.9. The largest absolute Gasteiger partial charge is 0.483 e. The quantitative estimate of drug-likeness (QED) is 0.638. The van der Waals surface area contributed by atoms with Gasteiger partial charge in [-0.15, -0.1) is 10.2 Å². The first-order valence-electron chi connectivity index (χ1n) is 6.50. The lowest BCUT2D eigenvalue weighted by molar-refractivity contribution is 0.263. The molecule has 22 heavy (non-hydrogen) atoms. The van der Waals surface area contributed by atoms with Gasteiger partial charge in [0.1, 0.15) is 17.3 Å². The average molecular weight is 384 g/mol. The maximum atomic E-state index is 5.89. The molecule has 2 aromatic heterocycles. The normalized spacial score (nSPS) is 10.9. The van der Waals surface area contributed by atoms with Crippen LogP contribution in [-0.2, 0) is 6.61 Å². The summed E-state index contributed by atoms with van der Waals surface area (Å²) in [5.74, 6) is 3.00. The highest BCUT2D eigenvalue weighted by molar-refractivity contribution is 9.10. The number of rotatable bonds is 4. The van der Waals surface area contributed by atoms with Gasteiger partial charge in [0.2, 0.25) is 0 Å². The third-order valence-corrected chi connectivity index (χ3v) is 3.84. The van der Waals surface area contributed by atoms with Gasteiger partial charge in [-0.3, -0.25) is 0 Å². The van der Waals surface area contributed by atoms with Crippen LogP contribution < -0.4 is 4.74 Å². The van der Waals surface area contributed by atoms with E-state index in [0.29, 0.717) is 22.6 Å². The topological polar surface area (TPSA) is 61.3 Å². The SMILES string of the molecule is Cc1cc(-c2nnc(COc3ccc(Cl)cc3Br)o2)c(C)o1. The molecule has 0 aliphatic heterocycles. The summed E-state index contributed by atoms with van der Waals surface area (Å²) in [7, 11) is 0. The van der Waals surface area contributed by atoms with E-state index in [1.54, 1.807) is 18.2 Å². The van der Waals surface area contributed by atoms with Crippen molar-refractivity contribution in [3.05, 3.63) is 51.2 Å². The van der Waals surface area contributed by atoms with Gasteiger partial charge in [0.25, 0.3) is 11.8 Å². The lowest BCUT2D eigenvalue weighted by atomic mass is 10.2. The van der Waals surface area contributed by atoms with Crippen molar-refractivity contribution in [2.24, 2.45) is 0 Å². The van der Waals surface area contributed by atoms with E-state index >= 15 is 0 Å². The minimum absolute atomic E-state index is 0.170. The van der Waals surface area contributed by atoms with Gasteiger partial charge < -0.3 is 13.6 Å². The van der Waals surface area contributed by atoms with E-state index in [0.717, 1.165) is 21.6 Å². The summed E-state index contributed by atoms with van der Waals surface area (Å²) in [6.45, 7) is 3.89. The Morgan fingerprint density at radius 1 is 1.18 bits per heavy atom. The summed E-state index contributed by atoms with van der Waals surface area (Å²) < 4.78 is 17.5. The number of ether oxygens (including phenoxy) is 1. The third kappa shape index (κ3) is 3.18. The maximum absolute atomic E-state index is 5.89. The molecule has 0 radical (unpaired) electrons. The molecule has 0 saturated carbocycles. The first kappa shape index (κ1) is 15.1. The number of benzene rings is 1. The second-order valence-corrected chi connectivity index (χ2v) is 5.98. The molecule has 0 N–H and O–H groups in total. The molecule has 3 aromatic rings. The summed E-state index contributed by atoms with van der Waals surface area (Å²) in [5.41, 5.74) is 0.795. The molecule has 0 saturated heterocycles. The van der Waals surface area contributed by atoms with E-state index < -0.39 is 0 Å². The van der Waals surface area contributed by atoms with Crippen molar-refractivity contribution >= 4 is 27.5 Å². The van der Waals surface area contributed by atoms with E-state index in [2.05, 4.69) is 26.1 Å². The predicted octanol–water partition coefficient (Wildman–Crippen LogP) is 4.94. The van der Waals surface area contributed by atoms with Gasteiger partial charge in [0.15, 0.2) is 6.61 Å². The molecule has 0 spiro atoms. The fraction of sp³-hybridized carbons (Fsp3) is 0.200. The van der Waals surface area contributed by atoms with Gasteiger partial charge in [-0.25, -0.2) is 0 Å². The summed E-state index contributed by atoms with van der Waals surface area (Å²) in [4.78, 5) is 0. The molecular weight excluding hydrogens is 372 g/mol. The summed E-state index contributed by atoms with van der Waals surface area (Å²) in [6, 6.07) is 7.14. The van der Waals surface area contributed by atoms with Crippen molar-refractivity contribution < 1.29 is 13.6 Å². The monoisotopic (exact) mass is 382 g/mol. The molecule has 7 heteroatoms. The van der Waals surface area contributed by atoms with Crippen molar-refractivity contribution in [1.29, 1.82) is 0 Å². The Labute approximate surface area is 140 Å². The highest BCUT2D eigenvalue weighted by Crippen LogP contribution is 2.29. The molecule has 1 aromatic carbocycles. The predicted molar refractivity (Wildman–Crippen MR) is 85.0 cm³/mol. The first-order chi connectivity index (χ1) is 10.5. The van der Waals surface area contributed by atoms with Crippen LogP contribution >= 0.6 is 27.5 Å². The van der Waals surface area contributed by atoms with Crippen molar-refractivity contribution in [2.75, 3.05) is 0 Å². The molecule has 0 unspecified atom stereocenters. The lowest BCUT2D eigenvalue weighted by Crippen LogP contribution is -1.96. The van der Waals surface area contributed by atoms with Crippen molar-refractivity contribution in [3.63, 3.8) is 0 Å². The Morgan fingerprint density at radius 2 is 2.00 bits per heavy atom. The molecule has 0 bridgehead atoms. The number of hydrogen-bond donors (Lipinski definition) is 0. The van der Waals surface area contributed by atoms with Crippen LogP contribution in [0.25, 0.3) is 11.5 Å².